The van der Waals surface area contributed by atoms with Gasteiger partial charge < -0.3 is 4.90 Å². The Balaban J connectivity index is 2.79. The maximum atomic E-state index is 12.5. The normalized spacial score (nSPS) is 24.6. The molecule has 1 fully saturated rings. The average Bonchev–Trinajstić information content (AvgIpc) is 2.59. The third kappa shape index (κ3) is 3.47. The van der Waals surface area contributed by atoms with Crippen molar-refractivity contribution in [3.8, 4) is 0 Å². The minimum Gasteiger partial charge on any atom is -0.323 e. The number of hydrogen-bond donors (Lipinski definition) is 1. The zero-order valence-electron chi connectivity index (χ0n) is 12.7. The zero-order valence-corrected chi connectivity index (χ0v) is 12.7. The number of nitrogens with zero attached hydrogens (tertiary/aromatic N) is 1. The molecule has 18 heavy (non-hydrogen) atoms. The van der Waals surface area contributed by atoms with Gasteiger partial charge in [0.05, 0.1) is 12.2 Å². The van der Waals surface area contributed by atoms with Gasteiger partial charge in [-0.2, -0.15) is 0 Å². The first-order chi connectivity index (χ1) is 8.54. The summed E-state index contributed by atoms with van der Waals surface area (Å²) in [6.45, 7) is 10.9. The molecule has 0 aliphatic carbocycles. The molecule has 1 N–H and O–H groups in total. The molecule has 2 atom stereocenters. The molecule has 1 rings (SSSR count). The van der Waals surface area contributed by atoms with Crippen molar-refractivity contribution in [3.05, 3.63) is 0 Å². The van der Waals surface area contributed by atoms with E-state index in [1.807, 2.05) is 0 Å². The quantitative estimate of drug-likeness (QED) is 0.757. The van der Waals surface area contributed by atoms with Crippen molar-refractivity contribution in [2.45, 2.75) is 85.0 Å². The Bertz CT molecular complexity index is 261. The van der Waals surface area contributed by atoms with Crippen LogP contribution >= 0.6 is 0 Å². The zero-order chi connectivity index (χ0) is 13.7. The van der Waals surface area contributed by atoms with Crippen LogP contribution in [-0.4, -0.2) is 29.1 Å². The number of rotatable bonds is 7. The fourth-order valence-corrected chi connectivity index (χ4v) is 2.97. The monoisotopic (exact) mass is 254 g/mol. The topological polar surface area (TPSA) is 32.3 Å². The highest BCUT2D eigenvalue weighted by Crippen LogP contribution is 2.24. The second-order valence-electron chi connectivity index (χ2n) is 5.87. The third-order valence-corrected chi connectivity index (χ3v) is 3.89. The van der Waals surface area contributed by atoms with Crippen molar-refractivity contribution in [2.75, 3.05) is 0 Å². The standard InChI is InChI=1S/C15H30N2O/c1-6-9-14-16-13(10-11(4)5)15(18)17(14)12(7-2)8-3/h11-14,16H,6-10H2,1-5H3. The van der Waals surface area contributed by atoms with Crippen LogP contribution in [0.1, 0.15) is 66.7 Å². The molecule has 1 aliphatic rings. The van der Waals surface area contributed by atoms with Crippen molar-refractivity contribution in [1.29, 1.82) is 0 Å². The first kappa shape index (κ1) is 15.5. The van der Waals surface area contributed by atoms with Gasteiger partial charge in [0.15, 0.2) is 0 Å². The summed E-state index contributed by atoms with van der Waals surface area (Å²) in [6.07, 6.45) is 5.51. The summed E-state index contributed by atoms with van der Waals surface area (Å²) in [4.78, 5) is 14.7. The van der Waals surface area contributed by atoms with E-state index in [4.69, 9.17) is 0 Å². The van der Waals surface area contributed by atoms with E-state index in [0.29, 0.717) is 17.9 Å². The molecule has 0 saturated carbocycles. The van der Waals surface area contributed by atoms with Crippen LogP contribution < -0.4 is 5.32 Å². The van der Waals surface area contributed by atoms with Crippen LogP contribution in [-0.2, 0) is 4.79 Å². The Morgan fingerprint density at radius 3 is 2.28 bits per heavy atom. The molecule has 3 nitrogen and oxygen atoms in total. The maximum absolute atomic E-state index is 12.5. The highest BCUT2D eigenvalue weighted by Gasteiger charge is 2.40. The maximum Gasteiger partial charge on any atom is 0.241 e. The molecule has 1 aliphatic heterocycles. The Hall–Kier alpha value is -0.570. The van der Waals surface area contributed by atoms with E-state index in [1.54, 1.807) is 0 Å². The molecule has 3 heteroatoms. The fraction of sp³-hybridized carbons (Fsp3) is 0.933. The fourth-order valence-electron chi connectivity index (χ4n) is 2.97. The van der Waals surface area contributed by atoms with Crippen molar-refractivity contribution in [2.24, 2.45) is 5.92 Å². The Morgan fingerprint density at radius 1 is 1.22 bits per heavy atom. The van der Waals surface area contributed by atoms with E-state index in [-0.39, 0.29) is 12.2 Å². The van der Waals surface area contributed by atoms with E-state index >= 15 is 0 Å². The molecular formula is C15H30N2O. The lowest BCUT2D eigenvalue weighted by molar-refractivity contribution is -0.132. The highest BCUT2D eigenvalue weighted by molar-refractivity contribution is 5.84. The largest absolute Gasteiger partial charge is 0.323 e. The lowest BCUT2D eigenvalue weighted by Gasteiger charge is -2.31. The van der Waals surface area contributed by atoms with E-state index in [2.05, 4.69) is 44.8 Å². The molecule has 2 unspecified atom stereocenters. The van der Waals surface area contributed by atoms with Gasteiger partial charge in [0, 0.05) is 6.04 Å². The second-order valence-corrected chi connectivity index (χ2v) is 5.87. The molecule has 0 radical (unpaired) electrons. The van der Waals surface area contributed by atoms with Crippen LogP contribution in [0.15, 0.2) is 0 Å². The van der Waals surface area contributed by atoms with Crippen LogP contribution in [0.5, 0.6) is 0 Å². The molecule has 1 amide bonds. The van der Waals surface area contributed by atoms with Crippen LogP contribution in [0.3, 0.4) is 0 Å². The smallest absolute Gasteiger partial charge is 0.241 e. The Kier molecular flexibility index (Phi) is 6.13. The summed E-state index contributed by atoms with van der Waals surface area (Å²) in [5, 5.41) is 3.55. The number of carbonyl (C=O) groups excluding carboxylic acids is 1. The number of nitrogens with one attached hydrogen (secondary N) is 1. The summed E-state index contributed by atoms with van der Waals surface area (Å²) >= 11 is 0. The minimum absolute atomic E-state index is 0.0437. The van der Waals surface area contributed by atoms with Crippen molar-refractivity contribution in [1.82, 2.24) is 10.2 Å². The van der Waals surface area contributed by atoms with Crippen LogP contribution in [0.4, 0.5) is 0 Å². The molecular weight excluding hydrogens is 224 g/mol. The second kappa shape index (κ2) is 7.13. The van der Waals surface area contributed by atoms with Gasteiger partial charge in [-0.1, -0.05) is 41.0 Å². The Morgan fingerprint density at radius 2 is 1.83 bits per heavy atom. The molecule has 1 saturated heterocycles. The van der Waals surface area contributed by atoms with Gasteiger partial charge in [-0.15, -0.1) is 0 Å². The van der Waals surface area contributed by atoms with Crippen molar-refractivity contribution < 1.29 is 4.79 Å². The van der Waals surface area contributed by atoms with Crippen LogP contribution in [0, 0.1) is 5.92 Å². The van der Waals surface area contributed by atoms with E-state index in [1.165, 1.54) is 0 Å². The molecule has 0 spiro atoms. The summed E-state index contributed by atoms with van der Waals surface area (Å²) in [7, 11) is 0. The van der Waals surface area contributed by atoms with Gasteiger partial charge >= 0.3 is 0 Å². The summed E-state index contributed by atoms with van der Waals surface area (Å²) in [5.41, 5.74) is 0. The SMILES string of the molecule is CCCC1NC(CC(C)C)C(=O)N1C(CC)CC. The van der Waals surface area contributed by atoms with Crippen molar-refractivity contribution >= 4 is 5.91 Å². The first-order valence-corrected chi connectivity index (χ1v) is 7.63. The van der Waals surface area contributed by atoms with Gasteiger partial charge in [0.2, 0.25) is 5.91 Å². The molecule has 0 aromatic rings. The molecule has 106 valence electrons. The van der Waals surface area contributed by atoms with Crippen LogP contribution in [0.25, 0.3) is 0 Å². The number of hydrogen-bond acceptors (Lipinski definition) is 2. The number of carbonyl (C=O) groups is 1. The van der Waals surface area contributed by atoms with Gasteiger partial charge in [0.25, 0.3) is 0 Å². The van der Waals surface area contributed by atoms with Gasteiger partial charge in [-0.05, 0) is 31.6 Å². The number of amides is 1. The van der Waals surface area contributed by atoms with Crippen molar-refractivity contribution in [3.63, 3.8) is 0 Å². The predicted molar refractivity (Wildman–Crippen MR) is 76.3 cm³/mol. The molecule has 1 heterocycles. The lowest BCUT2D eigenvalue weighted by atomic mass is 10.0. The highest BCUT2D eigenvalue weighted by atomic mass is 16.2. The predicted octanol–water partition coefficient (Wildman–Crippen LogP) is 3.15. The Labute approximate surface area is 112 Å². The van der Waals surface area contributed by atoms with Gasteiger partial charge in [0.1, 0.15) is 0 Å². The first-order valence-electron chi connectivity index (χ1n) is 7.63. The van der Waals surface area contributed by atoms with E-state index < -0.39 is 0 Å². The lowest BCUT2D eigenvalue weighted by Crippen LogP contribution is -2.44. The van der Waals surface area contributed by atoms with Gasteiger partial charge in [-0.25, -0.2) is 0 Å². The summed E-state index contributed by atoms with van der Waals surface area (Å²) in [6, 6.07) is 0.445. The van der Waals surface area contributed by atoms with E-state index in [9.17, 15) is 4.79 Å². The summed E-state index contributed by atoms with van der Waals surface area (Å²) < 4.78 is 0. The van der Waals surface area contributed by atoms with E-state index in [0.717, 1.165) is 32.1 Å². The summed E-state index contributed by atoms with van der Waals surface area (Å²) in [5.74, 6) is 0.895. The van der Waals surface area contributed by atoms with Crippen LogP contribution in [0.2, 0.25) is 0 Å². The molecule has 0 aromatic heterocycles. The van der Waals surface area contributed by atoms with Gasteiger partial charge in [-0.3, -0.25) is 10.1 Å². The third-order valence-electron chi connectivity index (χ3n) is 3.89. The minimum atomic E-state index is 0.0437. The molecule has 0 bridgehead atoms. The average molecular weight is 254 g/mol. The molecule has 0 aromatic carbocycles.